The largest absolute Gasteiger partial charge is 0.347 e. The van der Waals surface area contributed by atoms with Crippen LogP contribution in [0.2, 0.25) is 0 Å². The fourth-order valence-corrected chi connectivity index (χ4v) is 4.90. The van der Waals surface area contributed by atoms with E-state index in [1.807, 2.05) is 29.0 Å². The van der Waals surface area contributed by atoms with Crippen molar-refractivity contribution in [3.63, 3.8) is 0 Å². The summed E-state index contributed by atoms with van der Waals surface area (Å²) in [5.74, 6) is -0.725. The SMILES string of the molecule is Cn1cccc1C(=O)N[C@@H]1CCN2C(=O)c3cc(-c4ccsc4)ccc3NC(=O)[C@H]12. The van der Waals surface area contributed by atoms with Gasteiger partial charge in [-0.2, -0.15) is 11.3 Å². The van der Waals surface area contributed by atoms with Gasteiger partial charge in [-0.05, 0) is 58.6 Å². The second-order valence-corrected chi connectivity index (χ2v) is 8.36. The van der Waals surface area contributed by atoms with Crippen LogP contribution in [0.15, 0.2) is 53.4 Å². The molecule has 2 aliphatic rings. The Hall–Kier alpha value is -3.39. The monoisotopic (exact) mass is 420 g/mol. The Morgan fingerprint density at radius 3 is 2.80 bits per heavy atom. The Balaban J connectivity index is 1.44. The van der Waals surface area contributed by atoms with Crippen LogP contribution in [-0.2, 0) is 11.8 Å². The minimum absolute atomic E-state index is 0.193. The Morgan fingerprint density at radius 2 is 2.07 bits per heavy atom. The molecule has 3 aromatic rings. The first kappa shape index (κ1) is 18.6. The third kappa shape index (κ3) is 3.00. The lowest BCUT2D eigenvalue weighted by Crippen LogP contribution is -2.51. The summed E-state index contributed by atoms with van der Waals surface area (Å²) >= 11 is 1.59. The minimum Gasteiger partial charge on any atom is -0.347 e. The van der Waals surface area contributed by atoms with Crippen molar-refractivity contribution in [2.24, 2.45) is 7.05 Å². The van der Waals surface area contributed by atoms with E-state index < -0.39 is 12.1 Å². The van der Waals surface area contributed by atoms with Gasteiger partial charge in [-0.25, -0.2) is 0 Å². The number of fused-ring (bicyclic) bond motifs is 2. The van der Waals surface area contributed by atoms with E-state index in [0.29, 0.717) is 29.9 Å². The van der Waals surface area contributed by atoms with Crippen molar-refractivity contribution in [1.29, 1.82) is 0 Å². The molecule has 0 unspecified atom stereocenters. The van der Waals surface area contributed by atoms with Crippen molar-refractivity contribution >= 4 is 34.7 Å². The summed E-state index contributed by atoms with van der Waals surface area (Å²) in [5, 5.41) is 9.85. The van der Waals surface area contributed by atoms with E-state index in [1.54, 1.807) is 52.2 Å². The van der Waals surface area contributed by atoms with E-state index in [0.717, 1.165) is 11.1 Å². The topological polar surface area (TPSA) is 83.4 Å². The Morgan fingerprint density at radius 1 is 1.20 bits per heavy atom. The normalized spacial score (nSPS) is 20.4. The number of carbonyl (C=O) groups is 3. The second kappa shape index (κ2) is 7.14. The summed E-state index contributed by atoms with van der Waals surface area (Å²) in [4.78, 5) is 40.6. The average Bonchev–Trinajstić information content (AvgIpc) is 3.47. The number of aryl methyl sites for hydroxylation is 1. The molecule has 2 aromatic heterocycles. The van der Waals surface area contributed by atoms with Crippen molar-refractivity contribution in [2.75, 3.05) is 11.9 Å². The molecule has 7 nitrogen and oxygen atoms in total. The van der Waals surface area contributed by atoms with Crippen molar-refractivity contribution < 1.29 is 14.4 Å². The number of hydrogen-bond acceptors (Lipinski definition) is 4. The van der Waals surface area contributed by atoms with E-state index in [4.69, 9.17) is 0 Å². The predicted molar refractivity (Wildman–Crippen MR) is 114 cm³/mol. The van der Waals surface area contributed by atoms with Gasteiger partial charge in [-0.3, -0.25) is 14.4 Å². The molecule has 5 rings (SSSR count). The zero-order valence-electron chi connectivity index (χ0n) is 16.3. The molecule has 2 aliphatic heterocycles. The number of rotatable bonds is 3. The highest BCUT2D eigenvalue weighted by atomic mass is 32.1. The summed E-state index contributed by atoms with van der Waals surface area (Å²) in [6.45, 7) is 0.414. The fourth-order valence-electron chi connectivity index (χ4n) is 4.23. The van der Waals surface area contributed by atoms with Crippen LogP contribution in [0.1, 0.15) is 27.3 Å². The first-order valence-electron chi connectivity index (χ1n) is 9.73. The maximum absolute atomic E-state index is 13.3. The summed E-state index contributed by atoms with van der Waals surface area (Å²) in [5.41, 5.74) is 3.47. The number of nitrogens with zero attached hydrogens (tertiary/aromatic N) is 2. The van der Waals surface area contributed by atoms with Crippen LogP contribution in [0, 0.1) is 0 Å². The lowest BCUT2D eigenvalue weighted by molar-refractivity contribution is -0.120. The molecule has 1 aromatic carbocycles. The molecule has 2 atom stereocenters. The molecule has 0 radical (unpaired) electrons. The molecule has 3 amide bonds. The zero-order valence-corrected chi connectivity index (χ0v) is 17.1. The smallest absolute Gasteiger partial charge is 0.268 e. The van der Waals surface area contributed by atoms with Gasteiger partial charge in [-0.1, -0.05) is 6.07 Å². The van der Waals surface area contributed by atoms with Gasteiger partial charge in [0.1, 0.15) is 11.7 Å². The van der Waals surface area contributed by atoms with Gasteiger partial charge < -0.3 is 20.1 Å². The van der Waals surface area contributed by atoms with Crippen molar-refractivity contribution in [2.45, 2.75) is 18.5 Å². The van der Waals surface area contributed by atoms with Crippen molar-refractivity contribution in [3.8, 4) is 11.1 Å². The Bertz CT molecular complexity index is 1150. The molecule has 1 saturated heterocycles. The van der Waals surface area contributed by atoms with E-state index in [-0.39, 0.29) is 17.7 Å². The van der Waals surface area contributed by atoms with E-state index >= 15 is 0 Å². The molecular formula is C22H20N4O3S. The fraction of sp³-hybridized carbons (Fsp3) is 0.227. The Labute approximate surface area is 177 Å². The van der Waals surface area contributed by atoms with Crippen LogP contribution in [-0.4, -0.2) is 45.8 Å². The zero-order chi connectivity index (χ0) is 20.8. The number of aromatic nitrogens is 1. The highest BCUT2D eigenvalue weighted by Crippen LogP contribution is 2.32. The molecule has 0 aliphatic carbocycles. The van der Waals surface area contributed by atoms with E-state index in [9.17, 15) is 14.4 Å². The highest BCUT2D eigenvalue weighted by molar-refractivity contribution is 7.08. The lowest BCUT2D eigenvalue weighted by atomic mass is 10.0. The van der Waals surface area contributed by atoms with Crippen LogP contribution in [0.3, 0.4) is 0 Å². The maximum atomic E-state index is 13.3. The summed E-state index contributed by atoms with van der Waals surface area (Å²) in [6, 6.07) is 9.85. The second-order valence-electron chi connectivity index (χ2n) is 7.58. The molecule has 152 valence electrons. The molecular weight excluding hydrogens is 400 g/mol. The minimum atomic E-state index is -0.737. The van der Waals surface area contributed by atoms with Gasteiger partial charge in [0.15, 0.2) is 0 Å². The Kier molecular flexibility index (Phi) is 4.43. The van der Waals surface area contributed by atoms with Gasteiger partial charge in [0.2, 0.25) is 5.91 Å². The maximum Gasteiger partial charge on any atom is 0.268 e. The number of amides is 3. The number of hydrogen-bond donors (Lipinski definition) is 2. The number of thiophene rings is 1. The van der Waals surface area contributed by atoms with Crippen LogP contribution >= 0.6 is 11.3 Å². The number of benzene rings is 1. The summed E-state index contributed by atoms with van der Waals surface area (Å²) in [6.07, 6.45) is 2.32. The summed E-state index contributed by atoms with van der Waals surface area (Å²) < 4.78 is 1.72. The molecule has 8 heteroatoms. The number of nitrogens with one attached hydrogen (secondary N) is 2. The van der Waals surface area contributed by atoms with Crippen molar-refractivity contribution in [3.05, 3.63) is 64.6 Å². The molecule has 0 bridgehead atoms. The molecule has 30 heavy (non-hydrogen) atoms. The molecule has 1 fully saturated rings. The van der Waals surface area contributed by atoms with Gasteiger partial charge >= 0.3 is 0 Å². The number of carbonyl (C=O) groups excluding carboxylic acids is 3. The average molecular weight is 420 g/mol. The van der Waals surface area contributed by atoms with Crippen molar-refractivity contribution in [1.82, 2.24) is 14.8 Å². The lowest BCUT2D eigenvalue weighted by Gasteiger charge is -2.25. The molecule has 0 saturated carbocycles. The highest BCUT2D eigenvalue weighted by Gasteiger charge is 2.45. The van der Waals surface area contributed by atoms with E-state index in [1.165, 1.54) is 0 Å². The quantitative estimate of drug-likeness (QED) is 0.683. The van der Waals surface area contributed by atoms with Gasteiger partial charge in [-0.15, -0.1) is 0 Å². The summed E-state index contributed by atoms with van der Waals surface area (Å²) in [7, 11) is 1.79. The van der Waals surface area contributed by atoms with Crippen LogP contribution in [0.4, 0.5) is 5.69 Å². The van der Waals surface area contributed by atoms with Gasteiger partial charge in [0.25, 0.3) is 11.8 Å². The van der Waals surface area contributed by atoms with Crippen LogP contribution in [0.25, 0.3) is 11.1 Å². The van der Waals surface area contributed by atoms with E-state index in [2.05, 4.69) is 10.6 Å². The molecule has 4 heterocycles. The number of anilines is 1. The third-order valence-corrected chi connectivity index (χ3v) is 6.47. The van der Waals surface area contributed by atoms with Gasteiger partial charge in [0, 0.05) is 19.8 Å². The molecule has 2 N–H and O–H groups in total. The van der Waals surface area contributed by atoms with Gasteiger partial charge in [0.05, 0.1) is 17.3 Å². The van der Waals surface area contributed by atoms with Crippen LogP contribution in [0.5, 0.6) is 0 Å². The first-order valence-corrected chi connectivity index (χ1v) is 10.7. The first-order chi connectivity index (χ1) is 14.5. The standard InChI is InChI=1S/C22H20N4O3S/c1-25-8-2-3-18(25)20(27)24-17-6-9-26-19(17)21(28)23-16-5-4-13(11-15(16)22(26)29)14-7-10-30-12-14/h2-5,7-8,10-12,17,19H,6,9H2,1H3,(H,23,28)(H,24,27)/t17-,19+/m1/s1. The van der Waals surface area contributed by atoms with Crippen LogP contribution < -0.4 is 10.6 Å². The third-order valence-electron chi connectivity index (χ3n) is 5.78. The molecule has 0 spiro atoms. The predicted octanol–water partition coefficient (Wildman–Crippen LogP) is 2.72.